The fourth-order valence-electron chi connectivity index (χ4n) is 15.5. The van der Waals surface area contributed by atoms with Crippen LogP contribution in [0.1, 0.15) is 131 Å². The zero-order valence-corrected chi connectivity index (χ0v) is 68.2. The molecule has 0 saturated carbocycles. The highest BCUT2D eigenvalue weighted by molar-refractivity contribution is 6.32. The van der Waals surface area contributed by atoms with Crippen molar-refractivity contribution in [3.05, 3.63) is 147 Å². The molecule has 14 rings (SSSR count). The van der Waals surface area contributed by atoms with E-state index in [4.69, 9.17) is 72.6 Å². The van der Waals surface area contributed by atoms with E-state index < -0.39 is 290 Å². The summed E-state index contributed by atoms with van der Waals surface area (Å²) in [5.41, 5.74) is 6.94. The molecule has 22 atom stereocenters. The lowest BCUT2D eigenvalue weighted by atomic mass is 9.84. The van der Waals surface area contributed by atoms with Gasteiger partial charge in [-0.05, 0) is 142 Å². The number of carboxylic acid groups (broad SMARTS) is 1. The third-order valence-corrected chi connectivity index (χ3v) is 22.5. The minimum Gasteiger partial charge on any atom is -0.508 e. The molecule has 7 amide bonds. The van der Waals surface area contributed by atoms with Crippen molar-refractivity contribution in [1.29, 1.82) is 0 Å². The molecule has 8 heterocycles. The summed E-state index contributed by atoms with van der Waals surface area (Å²) >= 11 is 14.6. The van der Waals surface area contributed by atoms with Gasteiger partial charge in [0, 0.05) is 53.2 Å². The van der Waals surface area contributed by atoms with Crippen LogP contribution < -0.4 is 72.9 Å². The van der Waals surface area contributed by atoms with Crippen molar-refractivity contribution in [3.63, 3.8) is 0 Å². The number of carbonyl (C=O) groups is 8. The number of nitrogens with one attached hydrogen (secondary N) is 8. The van der Waals surface area contributed by atoms with Crippen molar-refractivity contribution >= 4 is 70.5 Å². The fourth-order valence-corrected chi connectivity index (χ4v) is 16.0. The maximum atomic E-state index is 16.5. The average molecular weight is 1770 g/mol. The molecule has 22 N–H and O–H groups in total. The molecule has 0 aromatic heterocycles. The number of aromatic hydroxyl groups is 3. The second-order valence-corrected chi connectivity index (χ2v) is 32.5. The van der Waals surface area contributed by atoms with Gasteiger partial charge in [-0.2, -0.15) is 0 Å². The van der Waals surface area contributed by atoms with Crippen LogP contribution in [-0.2, 0) is 68.6 Å². The molecule has 0 unspecified atom stereocenters. The Morgan fingerprint density at radius 3 is 1.88 bits per heavy atom. The molecule has 8 aliphatic rings. The quantitative estimate of drug-likeness (QED) is 0.0554. The Morgan fingerprint density at radius 1 is 0.675 bits per heavy atom. The number of rotatable bonds is 19. The zero-order chi connectivity index (χ0) is 89.5. The van der Waals surface area contributed by atoms with E-state index in [-0.39, 0.29) is 42.9 Å². The van der Waals surface area contributed by atoms with Crippen molar-refractivity contribution in [2.24, 2.45) is 17.4 Å². The summed E-state index contributed by atoms with van der Waals surface area (Å²) < 4.78 is 95.7. The molecule has 11 bridgehead atoms. The number of aliphatic hydroxyl groups excluding tert-OH is 6. The number of likely N-dealkylation sites (N-methyl/N-ethyl adjacent to an activating group) is 1. The molecule has 664 valence electrons. The number of halogens is 5. The van der Waals surface area contributed by atoms with Crippen molar-refractivity contribution in [2.75, 3.05) is 13.7 Å². The van der Waals surface area contributed by atoms with E-state index in [1.807, 2.05) is 0 Å². The van der Waals surface area contributed by atoms with Crippen LogP contribution >= 0.6 is 23.2 Å². The minimum atomic E-state index is -4.99. The normalized spacial score (nSPS) is 30.2. The van der Waals surface area contributed by atoms with Crippen molar-refractivity contribution < 1.29 is 145 Å². The molecule has 8 aliphatic heterocycles. The van der Waals surface area contributed by atoms with Crippen LogP contribution in [0.25, 0.3) is 11.1 Å². The second kappa shape index (κ2) is 37.1. The first-order valence-corrected chi connectivity index (χ1v) is 39.5. The number of ether oxygens (including phenoxy) is 9. The number of amides is 7. The minimum absolute atomic E-state index is 0.0932. The van der Waals surface area contributed by atoms with Crippen molar-refractivity contribution in [1.82, 2.24) is 42.5 Å². The van der Waals surface area contributed by atoms with Gasteiger partial charge in [-0.3, -0.25) is 33.6 Å². The van der Waals surface area contributed by atoms with Crippen LogP contribution in [0, 0.1) is 5.92 Å². The third-order valence-electron chi connectivity index (χ3n) is 22.0. The van der Waals surface area contributed by atoms with E-state index in [1.54, 1.807) is 20.8 Å². The Kier molecular flexibility index (Phi) is 27.7. The van der Waals surface area contributed by atoms with Gasteiger partial charge in [-0.25, -0.2) is 4.79 Å². The summed E-state index contributed by atoms with van der Waals surface area (Å²) in [5.74, 6) is -17.2. The highest BCUT2D eigenvalue weighted by Gasteiger charge is 2.53. The third kappa shape index (κ3) is 20.5. The first-order valence-electron chi connectivity index (χ1n) is 38.8. The molecule has 0 aliphatic carbocycles. The van der Waals surface area contributed by atoms with Gasteiger partial charge in [0.15, 0.2) is 36.2 Å². The lowest BCUT2D eigenvalue weighted by Crippen LogP contribution is -2.65. The van der Waals surface area contributed by atoms with E-state index >= 15 is 24.0 Å². The van der Waals surface area contributed by atoms with Crippen LogP contribution in [0.15, 0.2) is 103 Å². The highest BCUT2D eigenvalue weighted by Crippen LogP contribution is 2.51. The molecular weight excluding hydrogens is 1670 g/mol. The lowest BCUT2D eigenvalue weighted by molar-refractivity contribution is -0.334. The standard InChI is InChI=1S/C81H93Cl2F3N10O27/c1-31(2)18-45(89-7)71(107)95-61-63(102)36-11-16-49(43(82)20-36)117-51-22-38-23-52(67(51)122-78-68(65(104)64(103)53(30-97)119-78)121-56-28-80(6,70(106)33(4)116-56)90-29-34-8-13-40(14-9-34)123-81(84,85)86)118-50-17-12-37(21-44(50)83)66(120-55-27-79(5,88)69(105)32(3)115-55)62-76(112)94-60(77(113)114)42-24-39(98)25-48(100)57(42)41-19-35(10-15-47(41)99)58(73(109)96-62)93-74(110)59(38)92-72(108)46(26-54(87)101)91-75(61)111/h8-17,19-25,31-33,45-46,53,55-56,58-66,68-70,78,89-90,97-100,102-106H,18,26-30,88H2,1-7H3,(H2,87,101)(H,91,111)(H,92,108)(H,93,110)(H,94,112)(H,95,107)(H,96,109)(H,113,114)/t32-,33-,45+,46-,53+,55-,56-,58+,59+,60-,61+,62-,63+,64+,65-,66+,68+,69-,70-,78-,79-,80-/m0/s1. The highest BCUT2D eigenvalue weighted by atomic mass is 35.5. The van der Waals surface area contributed by atoms with Gasteiger partial charge in [0.2, 0.25) is 53.4 Å². The van der Waals surface area contributed by atoms with Gasteiger partial charge in [0.1, 0.15) is 95.2 Å². The Labute approximate surface area is 709 Å². The largest absolute Gasteiger partial charge is 0.573 e. The Bertz CT molecular complexity index is 5000. The molecule has 0 radical (unpaired) electrons. The van der Waals surface area contributed by atoms with Crippen LogP contribution in [0.3, 0.4) is 0 Å². The Balaban J connectivity index is 1.09. The number of aliphatic carboxylic acids is 1. The molecule has 6 aromatic carbocycles. The number of fused-ring (bicyclic) bond motifs is 15. The number of phenolic OH excluding ortho intramolecular Hbond substituents is 3. The number of hydrogen-bond donors (Lipinski definition) is 20. The Morgan fingerprint density at radius 2 is 1.28 bits per heavy atom. The number of carbonyl (C=O) groups excluding carboxylic acids is 7. The number of carboxylic acids is 1. The SMILES string of the molecule is CN[C@H](CC(C)C)C(=O)N[C@H]1C(=O)N[C@@H](CC(N)=O)C(=O)N[C@H]2C(=O)N[C@H]3C(=O)N[C@H](C(=O)N[C@H](C(=O)O)c4cc(O)cc(O)c4-c4cc3ccc4O)[C@H](O[C@H]3C[C@](C)(N)[C@@H](O)[C@H](C)O3)c3ccc(c(Cl)c3)Oc3cc2cc(c3O[C@@H]2O[C@H](CO)[C@@H](O)[C@H](O)[C@H]2O[C@H]2C[C@](C)(NCc3ccc(OC(F)(F)F)cc3)[C@@H](O)[C@H](C)O2)Oc2ccc(cc2Cl)[C@H]1O. The summed E-state index contributed by atoms with van der Waals surface area (Å²) in [6.07, 6.45) is -29.0. The Hall–Kier alpha value is -10.5. The van der Waals surface area contributed by atoms with E-state index in [0.717, 1.165) is 78.9 Å². The summed E-state index contributed by atoms with van der Waals surface area (Å²) in [7, 11) is 1.46. The summed E-state index contributed by atoms with van der Waals surface area (Å²) in [4.78, 5) is 121. The number of primary amides is 1. The molecule has 6 aromatic rings. The summed E-state index contributed by atoms with van der Waals surface area (Å²) in [5, 5.41) is 136. The predicted octanol–water partition coefficient (Wildman–Crippen LogP) is 3.07. The van der Waals surface area contributed by atoms with Gasteiger partial charge >= 0.3 is 12.3 Å². The molecule has 0 spiro atoms. The topological polar surface area (TPSA) is 570 Å². The van der Waals surface area contributed by atoms with Crippen molar-refractivity contribution in [2.45, 2.75) is 213 Å². The number of aliphatic hydroxyl groups is 6. The monoisotopic (exact) mass is 1760 g/mol. The van der Waals surface area contributed by atoms with Crippen LogP contribution in [-0.4, -0.2) is 221 Å². The van der Waals surface area contributed by atoms with Crippen molar-refractivity contribution in [3.8, 4) is 62.9 Å². The molecule has 3 saturated heterocycles. The van der Waals surface area contributed by atoms with Gasteiger partial charge in [-0.15, -0.1) is 13.2 Å². The van der Waals surface area contributed by atoms with Gasteiger partial charge in [-0.1, -0.05) is 67.4 Å². The maximum absolute atomic E-state index is 16.5. The van der Waals surface area contributed by atoms with E-state index in [2.05, 4.69) is 47.3 Å². The number of nitrogens with two attached hydrogens (primary N) is 2. The van der Waals surface area contributed by atoms with Crippen LogP contribution in [0.5, 0.6) is 51.7 Å². The summed E-state index contributed by atoms with van der Waals surface area (Å²) in [6.45, 7) is 8.38. The average Bonchev–Trinajstić information content (AvgIpc) is 0.764. The number of hydrogen-bond acceptors (Lipinski definition) is 29. The smallest absolute Gasteiger partial charge is 0.508 e. The van der Waals surface area contributed by atoms with E-state index in [9.17, 15) is 78.6 Å². The van der Waals surface area contributed by atoms with Gasteiger partial charge < -0.3 is 148 Å². The summed E-state index contributed by atoms with van der Waals surface area (Å²) in [6, 6.07) is 3.77. The second-order valence-electron chi connectivity index (χ2n) is 31.7. The van der Waals surface area contributed by atoms with E-state index in [0.29, 0.717) is 5.56 Å². The molecular formula is C81H93Cl2F3N10O27. The first-order chi connectivity index (χ1) is 57.9. The molecule has 42 heteroatoms. The predicted molar refractivity (Wildman–Crippen MR) is 421 cm³/mol. The van der Waals surface area contributed by atoms with Crippen LogP contribution in [0.4, 0.5) is 13.2 Å². The van der Waals surface area contributed by atoms with Gasteiger partial charge in [0.25, 0.3) is 0 Å². The number of phenols is 3. The first kappa shape index (κ1) is 91.7. The number of alkyl halides is 3. The lowest BCUT2D eigenvalue weighted by Gasteiger charge is -2.48. The molecule has 123 heavy (non-hydrogen) atoms. The maximum Gasteiger partial charge on any atom is 0.573 e. The fraction of sp³-hybridized carbons (Fsp3) is 0.457. The van der Waals surface area contributed by atoms with E-state index in [1.165, 1.54) is 52.1 Å². The van der Waals surface area contributed by atoms with Gasteiger partial charge in [0.05, 0.1) is 53.5 Å². The van der Waals surface area contributed by atoms with Crippen LogP contribution in [0.2, 0.25) is 10.0 Å². The molecule has 37 nitrogen and oxygen atoms in total. The number of benzene rings is 6. The molecule has 3 fully saturated rings. The zero-order valence-electron chi connectivity index (χ0n) is 66.6.